The number of halogens is 3. The summed E-state index contributed by atoms with van der Waals surface area (Å²) in [5.41, 5.74) is 4.21. The van der Waals surface area contributed by atoms with Gasteiger partial charge in [-0.05, 0) is 42.5 Å². The van der Waals surface area contributed by atoms with E-state index in [1.165, 1.54) is 45.6 Å². The summed E-state index contributed by atoms with van der Waals surface area (Å²) in [4.78, 5) is 12.4. The van der Waals surface area contributed by atoms with Crippen molar-refractivity contribution in [3.05, 3.63) is 47.5 Å². The van der Waals surface area contributed by atoms with E-state index in [0.717, 1.165) is 12.1 Å². The molecule has 0 saturated heterocycles. The second-order valence-electron chi connectivity index (χ2n) is 5.53. The third-order valence-corrected chi connectivity index (χ3v) is 3.87. The zero-order valence-corrected chi connectivity index (χ0v) is 16.5. The molecule has 1 amide bonds. The molecule has 3 N–H and O–H groups in total. The Hall–Kier alpha value is -3.21. The lowest BCUT2D eigenvalue weighted by Gasteiger charge is -2.15. The molecule has 2 aromatic rings. The molecule has 0 heterocycles. The Morgan fingerprint density at radius 3 is 2.10 bits per heavy atom. The second kappa shape index (κ2) is 9.32. The third kappa shape index (κ3) is 5.64. The normalized spacial score (nSPS) is 10.7. The molecule has 7 nitrogen and oxygen atoms in total. The summed E-state index contributed by atoms with van der Waals surface area (Å²) in [6.45, 7) is 0. The van der Waals surface area contributed by atoms with Gasteiger partial charge in [-0.1, -0.05) is 6.07 Å². The average molecular weight is 429 g/mol. The van der Waals surface area contributed by atoms with Crippen LogP contribution in [0.5, 0.6) is 17.2 Å². The smallest absolute Gasteiger partial charge is 0.416 e. The summed E-state index contributed by atoms with van der Waals surface area (Å²) in [5, 5.41) is 2.45. The monoisotopic (exact) mass is 429 g/mol. The number of hydrazine groups is 1. The van der Waals surface area contributed by atoms with Crippen molar-refractivity contribution >= 4 is 28.9 Å². The molecule has 2 aromatic carbocycles. The van der Waals surface area contributed by atoms with Crippen LogP contribution in [0.15, 0.2) is 36.4 Å². The number of hydrogen-bond donors (Lipinski definition) is 3. The van der Waals surface area contributed by atoms with Crippen LogP contribution in [0.4, 0.5) is 18.9 Å². The summed E-state index contributed by atoms with van der Waals surface area (Å²) in [5.74, 6) is 0.294. The Kier molecular flexibility index (Phi) is 7.10. The minimum absolute atomic E-state index is 0.106. The lowest BCUT2D eigenvalue weighted by molar-refractivity contribution is -0.137. The van der Waals surface area contributed by atoms with Crippen molar-refractivity contribution in [2.24, 2.45) is 0 Å². The fourth-order valence-corrected chi connectivity index (χ4v) is 2.50. The van der Waals surface area contributed by atoms with Crippen LogP contribution in [0.25, 0.3) is 0 Å². The van der Waals surface area contributed by atoms with Crippen LogP contribution in [0, 0.1) is 0 Å². The number of methoxy groups -OCH3 is 3. The van der Waals surface area contributed by atoms with E-state index in [1.54, 1.807) is 0 Å². The second-order valence-corrected chi connectivity index (χ2v) is 5.93. The van der Waals surface area contributed by atoms with Gasteiger partial charge in [0.25, 0.3) is 5.91 Å². The van der Waals surface area contributed by atoms with E-state index >= 15 is 0 Å². The zero-order valence-electron chi connectivity index (χ0n) is 15.6. The summed E-state index contributed by atoms with van der Waals surface area (Å²) in [6.07, 6.45) is -4.48. The fraction of sp³-hybridized carbons (Fsp3) is 0.222. The molecule has 0 atom stereocenters. The molecule has 0 aliphatic rings. The Bertz CT molecular complexity index is 881. The molecule has 0 aliphatic heterocycles. The van der Waals surface area contributed by atoms with Crippen LogP contribution in [0.2, 0.25) is 0 Å². The molecule has 156 valence electrons. The molecule has 0 spiro atoms. The largest absolute Gasteiger partial charge is 0.493 e. The molecule has 11 heteroatoms. The molecule has 0 aliphatic carbocycles. The summed E-state index contributed by atoms with van der Waals surface area (Å²) in [6, 6.07) is 7.35. The van der Waals surface area contributed by atoms with E-state index < -0.39 is 17.6 Å². The van der Waals surface area contributed by atoms with Crippen LogP contribution < -0.4 is 30.4 Å². The maximum atomic E-state index is 12.8. The van der Waals surface area contributed by atoms with E-state index in [4.69, 9.17) is 26.4 Å². The minimum Gasteiger partial charge on any atom is -0.493 e. The van der Waals surface area contributed by atoms with Gasteiger partial charge in [0.05, 0.1) is 26.9 Å². The first-order valence-corrected chi connectivity index (χ1v) is 8.45. The predicted octanol–water partition coefficient (Wildman–Crippen LogP) is 3.36. The first-order valence-electron chi connectivity index (χ1n) is 8.04. The number of rotatable bonds is 5. The van der Waals surface area contributed by atoms with Gasteiger partial charge in [0.2, 0.25) is 5.75 Å². The van der Waals surface area contributed by atoms with E-state index in [0.29, 0.717) is 5.75 Å². The lowest BCUT2D eigenvalue weighted by Crippen LogP contribution is -2.43. The molecule has 0 saturated carbocycles. The van der Waals surface area contributed by atoms with Gasteiger partial charge in [0.15, 0.2) is 16.6 Å². The van der Waals surface area contributed by atoms with E-state index in [9.17, 15) is 18.0 Å². The average Bonchev–Trinajstić information content (AvgIpc) is 2.70. The van der Waals surface area contributed by atoms with E-state index in [1.807, 2.05) is 0 Å². The number of thiocarbonyl (C=S) groups is 1. The predicted molar refractivity (Wildman–Crippen MR) is 104 cm³/mol. The highest BCUT2D eigenvalue weighted by molar-refractivity contribution is 7.80. The number of hydrogen-bond acceptors (Lipinski definition) is 5. The highest BCUT2D eigenvalue weighted by Crippen LogP contribution is 2.38. The van der Waals surface area contributed by atoms with Crippen molar-refractivity contribution in [3.63, 3.8) is 0 Å². The van der Waals surface area contributed by atoms with Crippen molar-refractivity contribution in [3.8, 4) is 17.2 Å². The summed E-state index contributed by atoms with van der Waals surface area (Å²) < 4.78 is 53.8. The first kappa shape index (κ1) is 22.1. The summed E-state index contributed by atoms with van der Waals surface area (Å²) in [7, 11) is 4.25. The molecule has 0 radical (unpaired) electrons. The van der Waals surface area contributed by atoms with Crippen LogP contribution in [-0.2, 0) is 6.18 Å². The Morgan fingerprint density at radius 1 is 0.966 bits per heavy atom. The highest BCUT2D eigenvalue weighted by atomic mass is 32.1. The van der Waals surface area contributed by atoms with Gasteiger partial charge in [-0.15, -0.1) is 0 Å². The summed E-state index contributed by atoms with van der Waals surface area (Å²) >= 11 is 4.99. The third-order valence-electron chi connectivity index (χ3n) is 3.66. The van der Waals surface area contributed by atoms with E-state index in [-0.39, 0.29) is 27.9 Å². The Labute approximate surface area is 170 Å². The quantitative estimate of drug-likeness (QED) is 0.497. The van der Waals surface area contributed by atoms with Gasteiger partial charge >= 0.3 is 6.18 Å². The standard InChI is InChI=1S/C18H18F3N3O4S/c1-26-13-7-10(8-14(27-2)15(13)28-3)16(25)23-24-17(29)22-12-6-4-5-11(9-12)18(19,20)21/h4-9H,1-3H3,(H,23,25)(H2,22,24,29). The molecule has 0 fully saturated rings. The number of benzene rings is 2. The molecule has 29 heavy (non-hydrogen) atoms. The number of alkyl halides is 3. The van der Waals surface area contributed by atoms with Gasteiger partial charge in [0.1, 0.15) is 0 Å². The molecule has 0 aromatic heterocycles. The topological polar surface area (TPSA) is 80.9 Å². The van der Waals surface area contributed by atoms with Gasteiger partial charge in [-0.25, -0.2) is 0 Å². The number of ether oxygens (including phenoxy) is 3. The fourth-order valence-electron chi connectivity index (χ4n) is 2.33. The molecule has 0 unspecified atom stereocenters. The maximum Gasteiger partial charge on any atom is 0.416 e. The Morgan fingerprint density at radius 2 is 1.59 bits per heavy atom. The molecular weight excluding hydrogens is 411 g/mol. The lowest BCUT2D eigenvalue weighted by atomic mass is 10.1. The highest BCUT2D eigenvalue weighted by Gasteiger charge is 2.30. The first-order chi connectivity index (χ1) is 13.7. The van der Waals surface area contributed by atoms with Gasteiger partial charge in [-0.3, -0.25) is 15.6 Å². The van der Waals surface area contributed by atoms with Crippen molar-refractivity contribution in [1.82, 2.24) is 10.9 Å². The molecule has 0 bridgehead atoms. The van der Waals surface area contributed by atoms with Crippen LogP contribution in [0.3, 0.4) is 0 Å². The number of carbonyl (C=O) groups is 1. The van der Waals surface area contributed by atoms with Gasteiger partial charge in [0, 0.05) is 11.3 Å². The van der Waals surface area contributed by atoms with Gasteiger partial charge in [-0.2, -0.15) is 13.2 Å². The number of amides is 1. The van der Waals surface area contributed by atoms with Crippen LogP contribution >= 0.6 is 12.2 Å². The molecule has 2 rings (SSSR count). The number of nitrogens with one attached hydrogen (secondary N) is 3. The van der Waals surface area contributed by atoms with E-state index in [2.05, 4.69) is 16.2 Å². The van der Waals surface area contributed by atoms with Crippen molar-refractivity contribution < 1.29 is 32.2 Å². The zero-order chi connectivity index (χ0) is 21.6. The minimum atomic E-state index is -4.48. The Balaban J connectivity index is 2.05. The van der Waals surface area contributed by atoms with Crippen molar-refractivity contribution in [2.75, 3.05) is 26.6 Å². The maximum absolute atomic E-state index is 12.8. The van der Waals surface area contributed by atoms with Crippen LogP contribution in [-0.4, -0.2) is 32.3 Å². The van der Waals surface area contributed by atoms with Crippen LogP contribution in [0.1, 0.15) is 15.9 Å². The van der Waals surface area contributed by atoms with Crippen molar-refractivity contribution in [1.29, 1.82) is 0 Å². The SMILES string of the molecule is COc1cc(C(=O)NNC(=S)Nc2cccc(C(F)(F)F)c2)cc(OC)c1OC. The molecular formula is C18H18F3N3O4S. The van der Waals surface area contributed by atoms with Crippen molar-refractivity contribution in [2.45, 2.75) is 6.18 Å². The number of anilines is 1. The van der Waals surface area contributed by atoms with Gasteiger partial charge < -0.3 is 19.5 Å². The number of carbonyl (C=O) groups excluding carboxylic acids is 1.